The lowest BCUT2D eigenvalue weighted by Gasteiger charge is -2.18. The molecule has 6 heteroatoms. The Morgan fingerprint density at radius 1 is 1.00 bits per heavy atom. The number of rotatable bonds is 3. The molecule has 0 aliphatic heterocycles. The van der Waals surface area contributed by atoms with Crippen LogP contribution in [0.15, 0.2) is 48.5 Å². The van der Waals surface area contributed by atoms with Gasteiger partial charge in [0.25, 0.3) is 0 Å². The number of para-hydroxylation sites is 1. The molecule has 2 aromatic rings. The number of halogens is 4. The van der Waals surface area contributed by atoms with E-state index in [1.165, 1.54) is 48.5 Å². The predicted octanol–water partition coefficient (Wildman–Crippen LogP) is 3.77. The topological polar surface area (TPSA) is 35.2 Å². The van der Waals surface area contributed by atoms with Gasteiger partial charge in [0.2, 0.25) is 0 Å². The number of ether oxygens (including phenoxy) is 1. The van der Waals surface area contributed by atoms with E-state index in [1.807, 2.05) is 0 Å². The maximum absolute atomic E-state index is 13.1. The zero-order chi connectivity index (χ0) is 14.8. The van der Waals surface area contributed by atoms with Gasteiger partial charge in [0.05, 0.1) is 6.04 Å². The third-order valence-corrected chi connectivity index (χ3v) is 2.69. The summed E-state index contributed by atoms with van der Waals surface area (Å²) in [5.74, 6) is -0.899. The molecule has 0 aliphatic carbocycles. The van der Waals surface area contributed by atoms with Crippen LogP contribution in [0.4, 0.5) is 17.6 Å². The lowest BCUT2D eigenvalue weighted by molar-refractivity contribution is -0.274. The molecule has 20 heavy (non-hydrogen) atoms. The number of benzene rings is 2. The van der Waals surface area contributed by atoms with Gasteiger partial charge in [0.1, 0.15) is 11.6 Å². The van der Waals surface area contributed by atoms with Crippen LogP contribution in [0.3, 0.4) is 0 Å². The molecule has 0 aromatic heterocycles. The molecule has 2 rings (SSSR count). The molecular weight excluding hydrogens is 274 g/mol. The Kier molecular flexibility index (Phi) is 3.94. The normalized spacial score (nSPS) is 13.1. The largest absolute Gasteiger partial charge is 0.573 e. The first kappa shape index (κ1) is 14.3. The first-order valence-corrected chi connectivity index (χ1v) is 5.72. The molecule has 0 aliphatic rings. The molecule has 0 bridgehead atoms. The van der Waals surface area contributed by atoms with Crippen LogP contribution in [-0.4, -0.2) is 6.36 Å². The molecule has 2 aromatic carbocycles. The second kappa shape index (κ2) is 5.50. The van der Waals surface area contributed by atoms with Gasteiger partial charge in [-0.15, -0.1) is 13.2 Å². The molecule has 0 saturated carbocycles. The smallest absolute Gasteiger partial charge is 0.405 e. The van der Waals surface area contributed by atoms with E-state index in [0.29, 0.717) is 5.56 Å². The first-order valence-electron chi connectivity index (χ1n) is 5.72. The molecular formula is C14H11F4NO. The minimum absolute atomic E-state index is 0.135. The minimum Gasteiger partial charge on any atom is -0.405 e. The quantitative estimate of drug-likeness (QED) is 0.871. The van der Waals surface area contributed by atoms with E-state index < -0.39 is 24.0 Å². The lowest BCUT2D eigenvalue weighted by atomic mass is 9.99. The summed E-state index contributed by atoms with van der Waals surface area (Å²) in [7, 11) is 0. The molecule has 106 valence electrons. The first-order chi connectivity index (χ1) is 9.37. The highest BCUT2D eigenvalue weighted by molar-refractivity contribution is 5.41. The van der Waals surface area contributed by atoms with Crippen LogP contribution >= 0.6 is 0 Å². The van der Waals surface area contributed by atoms with Crippen molar-refractivity contribution in [2.24, 2.45) is 5.73 Å². The van der Waals surface area contributed by atoms with Crippen molar-refractivity contribution in [3.05, 3.63) is 65.5 Å². The summed E-state index contributed by atoms with van der Waals surface area (Å²) in [5, 5.41) is 0. The zero-order valence-electron chi connectivity index (χ0n) is 10.2. The van der Waals surface area contributed by atoms with Crippen molar-refractivity contribution in [1.82, 2.24) is 0 Å². The average Bonchev–Trinajstić information content (AvgIpc) is 2.37. The fraction of sp³-hybridized carbons (Fsp3) is 0.143. The van der Waals surface area contributed by atoms with Crippen molar-refractivity contribution in [1.29, 1.82) is 0 Å². The Labute approximate surface area is 112 Å². The summed E-state index contributed by atoms with van der Waals surface area (Å²) in [6.45, 7) is 0. The molecule has 0 saturated heterocycles. The molecule has 1 atom stereocenters. The Hall–Kier alpha value is -2.08. The number of hydrogen-bond acceptors (Lipinski definition) is 2. The highest BCUT2D eigenvalue weighted by Crippen LogP contribution is 2.32. The fourth-order valence-corrected chi connectivity index (χ4v) is 1.83. The van der Waals surface area contributed by atoms with Gasteiger partial charge in [-0.2, -0.15) is 0 Å². The van der Waals surface area contributed by atoms with Crippen LogP contribution in [0.2, 0.25) is 0 Å². The van der Waals surface area contributed by atoms with Crippen molar-refractivity contribution in [3.8, 4) is 5.75 Å². The van der Waals surface area contributed by atoms with Gasteiger partial charge in [0.15, 0.2) is 0 Å². The van der Waals surface area contributed by atoms with Crippen molar-refractivity contribution < 1.29 is 22.3 Å². The van der Waals surface area contributed by atoms with Crippen molar-refractivity contribution in [2.75, 3.05) is 0 Å². The second-order valence-electron chi connectivity index (χ2n) is 4.12. The third-order valence-electron chi connectivity index (χ3n) is 2.69. The van der Waals surface area contributed by atoms with E-state index in [4.69, 9.17) is 5.73 Å². The minimum atomic E-state index is -4.81. The van der Waals surface area contributed by atoms with Crippen molar-refractivity contribution >= 4 is 0 Å². The van der Waals surface area contributed by atoms with Gasteiger partial charge in [-0.25, -0.2) is 4.39 Å². The molecule has 0 spiro atoms. The van der Waals surface area contributed by atoms with E-state index in [-0.39, 0.29) is 5.56 Å². The molecule has 1 unspecified atom stereocenters. The van der Waals surface area contributed by atoms with Gasteiger partial charge in [-0.1, -0.05) is 30.3 Å². The average molecular weight is 285 g/mol. The van der Waals surface area contributed by atoms with Gasteiger partial charge >= 0.3 is 6.36 Å². The molecule has 0 heterocycles. The van der Waals surface area contributed by atoms with Crippen LogP contribution in [0.5, 0.6) is 5.75 Å². The van der Waals surface area contributed by atoms with Crippen LogP contribution in [0.25, 0.3) is 0 Å². The zero-order valence-corrected chi connectivity index (χ0v) is 10.2. The van der Waals surface area contributed by atoms with E-state index in [1.54, 1.807) is 0 Å². The SMILES string of the molecule is NC(c1cccc(F)c1)c1ccccc1OC(F)(F)F. The predicted molar refractivity (Wildman–Crippen MR) is 65.6 cm³/mol. The number of alkyl halides is 3. The van der Waals surface area contributed by atoms with Gasteiger partial charge in [-0.3, -0.25) is 0 Å². The molecule has 0 fully saturated rings. The highest BCUT2D eigenvalue weighted by Gasteiger charge is 2.32. The number of hydrogen-bond donors (Lipinski definition) is 1. The Balaban J connectivity index is 2.37. The summed E-state index contributed by atoms with van der Waals surface area (Å²) in [6.07, 6.45) is -4.81. The molecule has 0 amide bonds. The van der Waals surface area contributed by atoms with E-state index in [2.05, 4.69) is 4.74 Å². The Morgan fingerprint density at radius 2 is 1.70 bits per heavy atom. The Bertz CT molecular complexity index is 598. The standard InChI is InChI=1S/C14H11F4NO/c15-10-5-3-4-9(8-10)13(19)11-6-1-2-7-12(11)20-14(16,17)18/h1-8,13H,19H2. The van der Waals surface area contributed by atoms with E-state index in [9.17, 15) is 17.6 Å². The van der Waals surface area contributed by atoms with Crippen LogP contribution in [0, 0.1) is 5.82 Å². The van der Waals surface area contributed by atoms with Gasteiger partial charge in [-0.05, 0) is 23.8 Å². The summed E-state index contributed by atoms with van der Waals surface area (Å²) in [5.41, 5.74) is 6.39. The summed E-state index contributed by atoms with van der Waals surface area (Å²) in [6, 6.07) is 10.0. The molecule has 2 nitrogen and oxygen atoms in total. The lowest BCUT2D eigenvalue weighted by Crippen LogP contribution is -2.20. The van der Waals surface area contributed by atoms with Crippen LogP contribution in [-0.2, 0) is 0 Å². The van der Waals surface area contributed by atoms with Crippen molar-refractivity contribution in [3.63, 3.8) is 0 Å². The monoisotopic (exact) mass is 285 g/mol. The van der Waals surface area contributed by atoms with Gasteiger partial charge in [0, 0.05) is 5.56 Å². The summed E-state index contributed by atoms with van der Waals surface area (Å²) < 4.78 is 54.1. The molecule has 0 radical (unpaired) electrons. The van der Waals surface area contributed by atoms with Crippen LogP contribution < -0.4 is 10.5 Å². The fourth-order valence-electron chi connectivity index (χ4n) is 1.83. The third kappa shape index (κ3) is 3.48. The molecule has 2 N–H and O–H groups in total. The Morgan fingerprint density at radius 3 is 2.35 bits per heavy atom. The number of nitrogens with two attached hydrogens (primary N) is 1. The van der Waals surface area contributed by atoms with Crippen molar-refractivity contribution in [2.45, 2.75) is 12.4 Å². The van der Waals surface area contributed by atoms with E-state index in [0.717, 1.165) is 0 Å². The highest BCUT2D eigenvalue weighted by atomic mass is 19.4. The summed E-state index contributed by atoms with van der Waals surface area (Å²) >= 11 is 0. The van der Waals surface area contributed by atoms with Crippen LogP contribution in [0.1, 0.15) is 17.2 Å². The maximum Gasteiger partial charge on any atom is 0.573 e. The summed E-state index contributed by atoms with van der Waals surface area (Å²) in [4.78, 5) is 0. The van der Waals surface area contributed by atoms with Gasteiger partial charge < -0.3 is 10.5 Å². The van der Waals surface area contributed by atoms with E-state index >= 15 is 0 Å². The maximum atomic E-state index is 13.1. The second-order valence-corrected chi connectivity index (χ2v) is 4.12.